The molecule has 0 saturated carbocycles. The van der Waals surface area contributed by atoms with E-state index in [0.29, 0.717) is 22.3 Å². The van der Waals surface area contributed by atoms with Crippen LogP contribution < -0.4 is 20.7 Å². The third-order valence-electron chi connectivity index (χ3n) is 2.78. The Bertz CT molecular complexity index is 543. The van der Waals surface area contributed by atoms with Gasteiger partial charge in [0.15, 0.2) is 11.5 Å². The zero-order valence-corrected chi connectivity index (χ0v) is 11.4. The van der Waals surface area contributed by atoms with Crippen LogP contribution in [0.1, 0.15) is 17.4 Å². The number of halogens is 1. The van der Waals surface area contributed by atoms with Crippen molar-refractivity contribution in [3.8, 4) is 11.5 Å². The zero-order chi connectivity index (χ0) is 13.8. The van der Waals surface area contributed by atoms with Crippen LogP contribution in [0, 0.1) is 0 Å². The van der Waals surface area contributed by atoms with E-state index in [2.05, 4.69) is 5.43 Å². The van der Waals surface area contributed by atoms with Crippen molar-refractivity contribution < 1.29 is 13.9 Å². The molecule has 0 fully saturated rings. The predicted octanol–water partition coefficient (Wildman–Crippen LogP) is 2.50. The molecule has 1 aromatic heterocycles. The smallest absolute Gasteiger partial charge is 0.179 e. The molecule has 0 radical (unpaired) electrons. The molecule has 5 nitrogen and oxygen atoms in total. The van der Waals surface area contributed by atoms with Crippen LogP contribution in [-0.2, 0) is 0 Å². The van der Waals surface area contributed by atoms with Gasteiger partial charge in [0.05, 0.1) is 25.5 Å². The summed E-state index contributed by atoms with van der Waals surface area (Å²) in [7, 11) is 3.09. The van der Waals surface area contributed by atoms with Crippen molar-refractivity contribution in [3.63, 3.8) is 0 Å². The van der Waals surface area contributed by atoms with E-state index in [1.807, 2.05) is 6.07 Å². The van der Waals surface area contributed by atoms with E-state index in [-0.39, 0.29) is 6.04 Å². The van der Waals surface area contributed by atoms with Crippen molar-refractivity contribution in [2.45, 2.75) is 6.04 Å². The van der Waals surface area contributed by atoms with Crippen LogP contribution in [0.3, 0.4) is 0 Å². The highest BCUT2D eigenvalue weighted by Crippen LogP contribution is 2.38. The van der Waals surface area contributed by atoms with Crippen LogP contribution in [0.15, 0.2) is 34.9 Å². The van der Waals surface area contributed by atoms with E-state index in [0.717, 1.165) is 5.56 Å². The van der Waals surface area contributed by atoms with Crippen molar-refractivity contribution >= 4 is 11.6 Å². The second kappa shape index (κ2) is 5.97. The van der Waals surface area contributed by atoms with Crippen LogP contribution in [0.25, 0.3) is 0 Å². The number of hydrazine groups is 1. The molecular weight excluding hydrogens is 268 g/mol. The van der Waals surface area contributed by atoms with Crippen LogP contribution in [0.4, 0.5) is 0 Å². The van der Waals surface area contributed by atoms with Gasteiger partial charge in [-0.15, -0.1) is 0 Å². The molecule has 1 heterocycles. The Morgan fingerprint density at radius 2 is 2.11 bits per heavy atom. The molecule has 0 saturated heterocycles. The fraction of sp³-hybridized carbons (Fsp3) is 0.231. The first-order valence-electron chi connectivity index (χ1n) is 5.62. The molecule has 2 aromatic rings. The number of hydrogen-bond donors (Lipinski definition) is 2. The van der Waals surface area contributed by atoms with Gasteiger partial charge in [0.1, 0.15) is 11.8 Å². The summed E-state index contributed by atoms with van der Waals surface area (Å²) in [5, 5.41) is 0.448. The van der Waals surface area contributed by atoms with Gasteiger partial charge in [-0.25, -0.2) is 5.43 Å². The molecule has 1 atom stereocenters. The third kappa shape index (κ3) is 2.68. The van der Waals surface area contributed by atoms with Crippen LogP contribution >= 0.6 is 11.6 Å². The molecule has 0 aliphatic rings. The summed E-state index contributed by atoms with van der Waals surface area (Å²) < 4.78 is 15.8. The SMILES string of the molecule is COc1cc(C(NN)c2ccco2)cc(Cl)c1OC. The first kappa shape index (κ1) is 13.7. The number of furan rings is 1. The Balaban J connectivity index is 2.47. The maximum atomic E-state index is 6.17. The largest absolute Gasteiger partial charge is 0.493 e. The molecule has 0 aliphatic carbocycles. The maximum Gasteiger partial charge on any atom is 0.179 e. The summed E-state index contributed by atoms with van der Waals surface area (Å²) >= 11 is 6.17. The normalized spacial score (nSPS) is 12.2. The molecule has 1 aromatic carbocycles. The van der Waals surface area contributed by atoms with E-state index in [1.165, 1.54) is 7.11 Å². The minimum atomic E-state index is -0.313. The number of rotatable bonds is 5. The molecule has 3 N–H and O–H groups in total. The average molecular weight is 283 g/mol. The summed E-state index contributed by atoms with van der Waals surface area (Å²) in [6.45, 7) is 0. The minimum absolute atomic E-state index is 0.313. The third-order valence-corrected chi connectivity index (χ3v) is 3.06. The molecule has 102 valence electrons. The van der Waals surface area contributed by atoms with Crippen molar-refractivity contribution in [3.05, 3.63) is 46.9 Å². The van der Waals surface area contributed by atoms with Crippen molar-refractivity contribution in [2.24, 2.45) is 5.84 Å². The lowest BCUT2D eigenvalue weighted by Gasteiger charge is -2.17. The van der Waals surface area contributed by atoms with E-state index in [4.69, 9.17) is 31.3 Å². The minimum Gasteiger partial charge on any atom is -0.493 e. The van der Waals surface area contributed by atoms with Crippen LogP contribution in [0.5, 0.6) is 11.5 Å². The molecule has 0 amide bonds. The fourth-order valence-electron chi connectivity index (χ4n) is 1.90. The molecular formula is C13H15ClN2O3. The molecule has 2 rings (SSSR count). The highest BCUT2D eigenvalue weighted by molar-refractivity contribution is 6.32. The highest BCUT2D eigenvalue weighted by atomic mass is 35.5. The topological polar surface area (TPSA) is 69.7 Å². The first-order valence-corrected chi connectivity index (χ1v) is 6.00. The number of nitrogens with two attached hydrogens (primary N) is 1. The molecule has 6 heteroatoms. The van der Waals surface area contributed by atoms with Gasteiger partial charge in [0.2, 0.25) is 0 Å². The van der Waals surface area contributed by atoms with Crippen molar-refractivity contribution in [2.75, 3.05) is 14.2 Å². The lowest BCUT2D eigenvalue weighted by atomic mass is 10.0. The second-order valence-electron chi connectivity index (χ2n) is 3.85. The Morgan fingerprint density at radius 3 is 2.63 bits per heavy atom. The monoisotopic (exact) mass is 282 g/mol. The average Bonchev–Trinajstić information content (AvgIpc) is 2.92. The zero-order valence-electron chi connectivity index (χ0n) is 10.6. The standard InChI is InChI=1S/C13H15ClN2O3/c1-17-11-7-8(6-9(14)13(11)18-2)12(16-15)10-4-3-5-19-10/h3-7,12,16H,15H2,1-2H3. The van der Waals surface area contributed by atoms with Gasteiger partial charge in [0.25, 0.3) is 0 Å². The maximum absolute atomic E-state index is 6.17. The van der Waals surface area contributed by atoms with Crippen LogP contribution in [0.2, 0.25) is 5.02 Å². The Kier molecular flexibility index (Phi) is 4.31. The first-order chi connectivity index (χ1) is 9.21. The van der Waals surface area contributed by atoms with Gasteiger partial charge in [-0.3, -0.25) is 5.84 Å². The van der Waals surface area contributed by atoms with Gasteiger partial charge in [-0.1, -0.05) is 11.6 Å². The lowest BCUT2D eigenvalue weighted by molar-refractivity contribution is 0.354. The summed E-state index contributed by atoms with van der Waals surface area (Å²) in [4.78, 5) is 0. The summed E-state index contributed by atoms with van der Waals surface area (Å²) in [5.74, 6) is 7.30. The fourth-order valence-corrected chi connectivity index (χ4v) is 2.20. The Hall–Kier alpha value is -1.69. The number of benzene rings is 1. The highest BCUT2D eigenvalue weighted by Gasteiger charge is 2.19. The van der Waals surface area contributed by atoms with Gasteiger partial charge < -0.3 is 13.9 Å². The Labute approximate surface area is 116 Å². The van der Waals surface area contributed by atoms with Crippen LogP contribution in [-0.4, -0.2) is 14.2 Å². The summed E-state index contributed by atoms with van der Waals surface area (Å²) in [6.07, 6.45) is 1.59. The molecule has 0 aliphatic heterocycles. The quantitative estimate of drug-likeness (QED) is 0.651. The summed E-state index contributed by atoms with van der Waals surface area (Å²) in [6, 6.07) is 6.87. The summed E-state index contributed by atoms with van der Waals surface area (Å²) in [5.41, 5.74) is 3.51. The second-order valence-corrected chi connectivity index (χ2v) is 4.26. The number of methoxy groups -OCH3 is 2. The molecule has 1 unspecified atom stereocenters. The molecule has 19 heavy (non-hydrogen) atoms. The van der Waals surface area contributed by atoms with Gasteiger partial charge in [-0.05, 0) is 29.8 Å². The lowest BCUT2D eigenvalue weighted by Crippen LogP contribution is -2.28. The van der Waals surface area contributed by atoms with Crippen molar-refractivity contribution in [1.29, 1.82) is 0 Å². The van der Waals surface area contributed by atoms with E-state index in [1.54, 1.807) is 31.6 Å². The molecule has 0 bridgehead atoms. The Morgan fingerprint density at radius 1 is 1.32 bits per heavy atom. The predicted molar refractivity (Wildman–Crippen MR) is 72.4 cm³/mol. The van der Waals surface area contributed by atoms with E-state index < -0.39 is 0 Å². The number of ether oxygens (including phenoxy) is 2. The van der Waals surface area contributed by atoms with Crippen molar-refractivity contribution in [1.82, 2.24) is 5.43 Å². The molecule has 0 spiro atoms. The van der Waals surface area contributed by atoms with E-state index >= 15 is 0 Å². The van der Waals surface area contributed by atoms with E-state index in [9.17, 15) is 0 Å². The van der Waals surface area contributed by atoms with Gasteiger partial charge in [0, 0.05) is 0 Å². The van der Waals surface area contributed by atoms with Gasteiger partial charge in [-0.2, -0.15) is 0 Å². The van der Waals surface area contributed by atoms with Gasteiger partial charge >= 0.3 is 0 Å². The number of nitrogens with one attached hydrogen (secondary N) is 1. The number of hydrogen-bond acceptors (Lipinski definition) is 5.